The molecule has 1 heterocycles. The molecule has 0 aliphatic heterocycles. The molecule has 7 nitrogen and oxygen atoms in total. The molecule has 0 saturated heterocycles. The number of carbonyl (C=O) groups is 1. The van der Waals surface area contributed by atoms with Gasteiger partial charge < -0.3 is 10.1 Å². The first-order valence-electron chi connectivity index (χ1n) is 5.94. The summed E-state index contributed by atoms with van der Waals surface area (Å²) in [6, 6.07) is 4.82. The van der Waals surface area contributed by atoms with Gasteiger partial charge in [0.2, 0.25) is 0 Å². The zero-order chi connectivity index (χ0) is 14.5. The fraction of sp³-hybridized carbons (Fsp3) is 0.333. The highest BCUT2D eigenvalue weighted by atomic mass is 35.5. The highest BCUT2D eigenvalue weighted by Crippen LogP contribution is 2.19. The highest BCUT2D eigenvalue weighted by Gasteiger charge is 2.16. The summed E-state index contributed by atoms with van der Waals surface area (Å²) in [5.74, 6) is -0.262. The minimum absolute atomic E-state index is 0.117. The third-order valence-electron chi connectivity index (χ3n) is 2.59. The Morgan fingerprint density at radius 2 is 2.35 bits per heavy atom. The number of amides is 1. The van der Waals surface area contributed by atoms with Gasteiger partial charge >= 0.3 is 0 Å². The van der Waals surface area contributed by atoms with Gasteiger partial charge in [0.15, 0.2) is 0 Å². The van der Waals surface area contributed by atoms with E-state index in [4.69, 9.17) is 16.3 Å². The molecule has 0 fully saturated rings. The van der Waals surface area contributed by atoms with Gasteiger partial charge in [-0.1, -0.05) is 11.6 Å². The first-order valence-corrected chi connectivity index (χ1v) is 6.32. The van der Waals surface area contributed by atoms with Crippen LogP contribution in [0.4, 0.5) is 0 Å². The molecule has 0 spiro atoms. The van der Waals surface area contributed by atoms with Crippen LogP contribution in [0, 0.1) is 0 Å². The second-order valence-corrected chi connectivity index (χ2v) is 4.68. The number of rotatable bonds is 5. The number of benzene rings is 1. The average Bonchev–Trinajstić information content (AvgIpc) is 2.92. The summed E-state index contributed by atoms with van der Waals surface area (Å²) in [6.07, 6.45) is 1.42. The number of carbonyl (C=O) groups excluding carboxylic acids is 1. The third-order valence-corrected chi connectivity index (χ3v) is 2.83. The quantitative estimate of drug-likeness (QED) is 0.892. The number of hydrogen-bond acceptors (Lipinski definition) is 5. The van der Waals surface area contributed by atoms with E-state index >= 15 is 0 Å². The van der Waals surface area contributed by atoms with Crippen LogP contribution >= 0.6 is 11.6 Å². The predicted octanol–water partition coefficient (Wildman–Crippen LogP) is 1.08. The number of methoxy groups -OCH3 is 1. The Hall–Kier alpha value is -1.99. The summed E-state index contributed by atoms with van der Waals surface area (Å²) in [5.41, 5.74) is 0.953. The van der Waals surface area contributed by atoms with Crippen molar-refractivity contribution in [1.29, 1.82) is 0 Å². The molecule has 0 bridgehead atoms. The minimum atomic E-state index is -0.262. The van der Waals surface area contributed by atoms with E-state index in [1.165, 1.54) is 11.0 Å². The molecule has 0 saturated carbocycles. The largest absolute Gasteiger partial charge is 0.383 e. The molecule has 106 valence electrons. The smallest absolute Gasteiger partial charge is 0.253 e. The van der Waals surface area contributed by atoms with Gasteiger partial charge in [0, 0.05) is 18.2 Å². The Morgan fingerprint density at radius 3 is 3.00 bits per heavy atom. The van der Waals surface area contributed by atoms with Gasteiger partial charge in [-0.05, 0) is 35.5 Å². The maximum absolute atomic E-state index is 12.3. The lowest BCUT2D eigenvalue weighted by Gasteiger charge is -2.14. The Bertz CT molecular complexity index is 588. The van der Waals surface area contributed by atoms with Crippen molar-refractivity contribution in [3.63, 3.8) is 0 Å². The van der Waals surface area contributed by atoms with Crippen LogP contribution in [0.2, 0.25) is 5.02 Å². The molecule has 20 heavy (non-hydrogen) atoms. The molecule has 2 rings (SSSR count). The zero-order valence-corrected chi connectivity index (χ0v) is 11.8. The van der Waals surface area contributed by atoms with Crippen molar-refractivity contribution < 1.29 is 9.53 Å². The summed E-state index contributed by atoms with van der Waals surface area (Å²) in [7, 11) is 1.58. The molecule has 0 aliphatic carbocycles. The molecule has 0 aliphatic rings. The molecule has 2 aromatic rings. The lowest BCUT2D eigenvalue weighted by molar-refractivity contribution is 0.0905. The maximum Gasteiger partial charge on any atom is 0.253 e. The van der Waals surface area contributed by atoms with Gasteiger partial charge in [-0.3, -0.25) is 4.79 Å². The van der Waals surface area contributed by atoms with Crippen LogP contribution in [0.15, 0.2) is 24.5 Å². The van der Waals surface area contributed by atoms with Crippen LogP contribution in [-0.4, -0.2) is 45.9 Å². The molecular weight excluding hydrogens is 282 g/mol. The maximum atomic E-state index is 12.3. The van der Waals surface area contributed by atoms with Crippen molar-refractivity contribution in [2.45, 2.75) is 13.0 Å². The average molecular weight is 296 g/mol. The minimum Gasteiger partial charge on any atom is -0.383 e. The summed E-state index contributed by atoms with van der Waals surface area (Å²) in [6.45, 7) is 2.27. The number of nitrogens with zero attached hydrogens (tertiary/aromatic N) is 4. The van der Waals surface area contributed by atoms with Crippen molar-refractivity contribution >= 4 is 17.5 Å². The lowest BCUT2D eigenvalue weighted by Crippen LogP contribution is -2.36. The van der Waals surface area contributed by atoms with Gasteiger partial charge in [-0.15, -0.1) is 5.10 Å². The summed E-state index contributed by atoms with van der Waals surface area (Å²) < 4.78 is 6.40. The Kier molecular flexibility index (Phi) is 4.65. The zero-order valence-electron chi connectivity index (χ0n) is 11.1. The van der Waals surface area contributed by atoms with Crippen LogP contribution in [0.5, 0.6) is 0 Å². The number of hydrogen-bond donors (Lipinski definition) is 1. The van der Waals surface area contributed by atoms with Crippen molar-refractivity contribution in [3.05, 3.63) is 35.1 Å². The second kappa shape index (κ2) is 6.44. The molecule has 1 amide bonds. The van der Waals surface area contributed by atoms with Crippen LogP contribution in [0.1, 0.15) is 17.3 Å². The van der Waals surface area contributed by atoms with Crippen molar-refractivity contribution in [1.82, 2.24) is 25.5 Å². The monoisotopic (exact) mass is 295 g/mol. The lowest BCUT2D eigenvalue weighted by atomic mass is 10.1. The molecule has 1 unspecified atom stereocenters. The van der Waals surface area contributed by atoms with Gasteiger partial charge in [0.1, 0.15) is 6.33 Å². The predicted molar refractivity (Wildman–Crippen MR) is 73.0 cm³/mol. The Labute approximate surface area is 120 Å². The van der Waals surface area contributed by atoms with E-state index in [0.717, 1.165) is 0 Å². The van der Waals surface area contributed by atoms with E-state index in [9.17, 15) is 4.79 Å². The summed E-state index contributed by atoms with van der Waals surface area (Å²) in [4.78, 5) is 12.3. The standard InChI is InChI=1S/C12H14ClN5O2/c1-8(6-20-2)15-12(19)10-5-9(13)3-4-11(10)18-7-14-16-17-18/h3-5,7-8H,6H2,1-2H3,(H,15,19). The summed E-state index contributed by atoms with van der Waals surface area (Å²) >= 11 is 5.95. The third kappa shape index (κ3) is 3.31. The normalized spacial score (nSPS) is 12.2. The van der Waals surface area contributed by atoms with Gasteiger partial charge in [0.25, 0.3) is 5.91 Å². The van der Waals surface area contributed by atoms with E-state index in [1.807, 2.05) is 6.92 Å². The number of nitrogens with one attached hydrogen (secondary N) is 1. The van der Waals surface area contributed by atoms with Crippen LogP contribution in [0.3, 0.4) is 0 Å². The van der Waals surface area contributed by atoms with Crippen LogP contribution in [0.25, 0.3) is 5.69 Å². The van der Waals surface area contributed by atoms with E-state index in [2.05, 4.69) is 20.8 Å². The molecule has 1 aromatic carbocycles. The van der Waals surface area contributed by atoms with Crippen molar-refractivity contribution in [2.24, 2.45) is 0 Å². The van der Waals surface area contributed by atoms with Gasteiger partial charge in [-0.25, -0.2) is 0 Å². The fourth-order valence-electron chi connectivity index (χ4n) is 1.75. The number of ether oxygens (including phenoxy) is 1. The van der Waals surface area contributed by atoms with Crippen LogP contribution < -0.4 is 5.32 Å². The Balaban J connectivity index is 2.30. The topological polar surface area (TPSA) is 81.9 Å². The van der Waals surface area contributed by atoms with Crippen molar-refractivity contribution in [3.8, 4) is 5.69 Å². The number of halogens is 1. The Morgan fingerprint density at radius 1 is 1.55 bits per heavy atom. The molecule has 1 N–H and O–H groups in total. The number of aromatic nitrogens is 4. The van der Waals surface area contributed by atoms with E-state index in [0.29, 0.717) is 22.9 Å². The highest BCUT2D eigenvalue weighted by molar-refractivity contribution is 6.31. The van der Waals surface area contributed by atoms with E-state index < -0.39 is 0 Å². The first-order chi connectivity index (χ1) is 9.61. The molecule has 0 radical (unpaired) electrons. The van der Waals surface area contributed by atoms with Gasteiger partial charge in [0.05, 0.1) is 17.9 Å². The molecule has 8 heteroatoms. The van der Waals surface area contributed by atoms with Gasteiger partial charge in [-0.2, -0.15) is 4.68 Å². The second-order valence-electron chi connectivity index (χ2n) is 4.25. The fourth-order valence-corrected chi connectivity index (χ4v) is 1.93. The van der Waals surface area contributed by atoms with E-state index in [-0.39, 0.29) is 11.9 Å². The van der Waals surface area contributed by atoms with E-state index in [1.54, 1.807) is 25.3 Å². The van der Waals surface area contributed by atoms with Crippen molar-refractivity contribution in [2.75, 3.05) is 13.7 Å². The molecule has 1 aromatic heterocycles. The summed E-state index contributed by atoms with van der Waals surface area (Å²) in [5, 5.41) is 14.2. The SMILES string of the molecule is COCC(C)NC(=O)c1cc(Cl)ccc1-n1cnnn1. The molecule has 1 atom stereocenters. The van der Waals surface area contributed by atoms with Crippen LogP contribution in [-0.2, 0) is 4.74 Å². The number of tetrazole rings is 1. The first kappa shape index (κ1) is 14.4. The molecular formula is C12H14ClN5O2.